The van der Waals surface area contributed by atoms with Gasteiger partial charge >= 0.3 is 0 Å². The largest absolute Gasteiger partial charge is 0.396 e. The summed E-state index contributed by atoms with van der Waals surface area (Å²) in [5.41, 5.74) is 0. The molecule has 4 bridgehead atoms. The van der Waals surface area contributed by atoms with Crippen LogP contribution in [0.15, 0.2) is 0 Å². The lowest BCUT2D eigenvalue weighted by atomic mass is 9.53. The van der Waals surface area contributed by atoms with Crippen LogP contribution in [0.3, 0.4) is 0 Å². The van der Waals surface area contributed by atoms with Crippen molar-refractivity contribution >= 4 is 0 Å². The van der Waals surface area contributed by atoms with Crippen LogP contribution in [0.25, 0.3) is 0 Å². The molecule has 4 aliphatic carbocycles. The highest BCUT2D eigenvalue weighted by Gasteiger charge is 2.65. The lowest BCUT2D eigenvalue weighted by Gasteiger charge is -2.57. The third kappa shape index (κ3) is 1.80. The summed E-state index contributed by atoms with van der Waals surface area (Å²) in [5, 5.41) is 8.99. The third-order valence-electron chi connectivity index (χ3n) is 5.79. The fraction of sp³-hybridized carbons (Fsp3) is 1.00. The molecule has 4 nitrogen and oxygen atoms in total. The van der Waals surface area contributed by atoms with Gasteiger partial charge in [-0.15, -0.1) is 0 Å². The Morgan fingerprint density at radius 2 is 1.63 bits per heavy atom. The quantitative estimate of drug-likeness (QED) is 0.799. The Kier molecular flexibility index (Phi) is 2.76. The van der Waals surface area contributed by atoms with Crippen LogP contribution >= 0.6 is 0 Å². The molecule has 108 valence electrons. The number of ether oxygens (including phenoxy) is 1. The van der Waals surface area contributed by atoms with E-state index < -0.39 is 11.6 Å². The molecule has 1 heterocycles. The number of aliphatic hydroxyl groups excluding tert-OH is 1. The monoisotopic (exact) mass is 268 g/mol. The van der Waals surface area contributed by atoms with Crippen LogP contribution < -0.4 is 0 Å². The van der Waals surface area contributed by atoms with Crippen LogP contribution in [0, 0.1) is 23.7 Å². The Labute approximate surface area is 114 Å². The van der Waals surface area contributed by atoms with E-state index in [0.717, 1.165) is 11.8 Å². The summed E-state index contributed by atoms with van der Waals surface area (Å²) in [7, 11) is 0. The van der Waals surface area contributed by atoms with Gasteiger partial charge in [-0.25, -0.2) is 0 Å². The molecule has 0 aromatic rings. The van der Waals surface area contributed by atoms with Crippen LogP contribution in [0.5, 0.6) is 0 Å². The molecule has 19 heavy (non-hydrogen) atoms. The molecule has 0 amide bonds. The molecule has 1 saturated heterocycles. The lowest BCUT2D eigenvalue weighted by Crippen LogP contribution is -2.59. The molecule has 0 radical (unpaired) electrons. The molecule has 5 rings (SSSR count). The molecule has 5 aliphatic rings. The van der Waals surface area contributed by atoms with Crippen molar-refractivity contribution < 1.29 is 19.6 Å². The maximum atomic E-state index is 8.99. The van der Waals surface area contributed by atoms with Crippen molar-refractivity contribution in [2.45, 2.75) is 63.4 Å². The maximum Gasteiger partial charge on any atom is 0.210 e. The Hall–Kier alpha value is -0.160. The molecule has 1 N–H and O–H groups in total. The zero-order chi connectivity index (χ0) is 13.1. The fourth-order valence-electron chi connectivity index (χ4n) is 5.16. The molecule has 1 aliphatic heterocycles. The van der Waals surface area contributed by atoms with E-state index in [2.05, 4.69) is 0 Å². The SMILES string of the molecule is C[C@]1(CCCO)OOC2(O1)C1CC3CC(C1)CC2C3. The zero-order valence-electron chi connectivity index (χ0n) is 11.6. The van der Waals surface area contributed by atoms with Gasteiger partial charge in [-0.1, -0.05) is 0 Å². The molecular weight excluding hydrogens is 244 g/mol. The average Bonchev–Trinajstić information content (AvgIpc) is 2.73. The Morgan fingerprint density at radius 3 is 2.21 bits per heavy atom. The minimum Gasteiger partial charge on any atom is -0.396 e. The van der Waals surface area contributed by atoms with E-state index >= 15 is 0 Å². The highest BCUT2D eigenvalue weighted by Crippen LogP contribution is 2.62. The second-order valence-electron chi connectivity index (χ2n) is 7.26. The van der Waals surface area contributed by atoms with Gasteiger partial charge in [-0.3, -0.25) is 0 Å². The van der Waals surface area contributed by atoms with E-state index in [4.69, 9.17) is 19.6 Å². The van der Waals surface area contributed by atoms with Gasteiger partial charge in [0.2, 0.25) is 11.6 Å². The highest BCUT2D eigenvalue weighted by molar-refractivity contribution is 5.04. The number of hydrogen-bond acceptors (Lipinski definition) is 4. The van der Waals surface area contributed by atoms with Gasteiger partial charge in [-0.05, 0) is 57.3 Å². The van der Waals surface area contributed by atoms with Crippen molar-refractivity contribution in [2.24, 2.45) is 23.7 Å². The summed E-state index contributed by atoms with van der Waals surface area (Å²) in [6.07, 6.45) is 7.78. The van der Waals surface area contributed by atoms with Crippen LogP contribution in [-0.2, 0) is 14.5 Å². The Morgan fingerprint density at radius 1 is 1.00 bits per heavy atom. The average molecular weight is 268 g/mol. The molecule has 1 spiro atoms. The second-order valence-corrected chi connectivity index (χ2v) is 7.26. The van der Waals surface area contributed by atoms with Crippen LogP contribution in [0.1, 0.15) is 51.9 Å². The molecule has 0 aromatic heterocycles. The van der Waals surface area contributed by atoms with E-state index in [1.165, 1.54) is 32.1 Å². The number of rotatable bonds is 3. The molecule has 0 aromatic carbocycles. The molecular formula is C15H24O4. The number of hydrogen-bond donors (Lipinski definition) is 1. The van der Waals surface area contributed by atoms with Crippen LogP contribution in [0.4, 0.5) is 0 Å². The van der Waals surface area contributed by atoms with Crippen molar-refractivity contribution in [2.75, 3.05) is 6.61 Å². The predicted octanol–water partition coefficient (Wildman–Crippen LogP) is 2.61. The van der Waals surface area contributed by atoms with Gasteiger partial charge in [0, 0.05) is 24.9 Å². The summed E-state index contributed by atoms with van der Waals surface area (Å²) in [4.78, 5) is 11.4. The van der Waals surface area contributed by atoms with Crippen molar-refractivity contribution in [3.05, 3.63) is 0 Å². The van der Waals surface area contributed by atoms with Gasteiger partial charge in [0.05, 0.1) is 0 Å². The maximum absolute atomic E-state index is 8.99. The molecule has 0 unspecified atom stereocenters. The van der Waals surface area contributed by atoms with Gasteiger partial charge in [-0.2, -0.15) is 9.78 Å². The third-order valence-corrected chi connectivity index (χ3v) is 5.79. The van der Waals surface area contributed by atoms with Gasteiger partial charge in [0.25, 0.3) is 0 Å². The minimum atomic E-state index is -0.669. The smallest absolute Gasteiger partial charge is 0.210 e. The highest BCUT2D eigenvalue weighted by atomic mass is 17.3. The first-order chi connectivity index (χ1) is 9.13. The standard InChI is InChI=1S/C15H24O4/c1-14(3-2-4-16)17-15(19-18-14)12-6-10-5-11(8-12)9-13(15)7-10/h10-13,16H,2-9H2,1H3/t10?,11?,12?,13?,14-,15?/m1/s1. The summed E-state index contributed by atoms with van der Waals surface area (Å²) < 4.78 is 6.36. The predicted molar refractivity (Wildman–Crippen MR) is 67.8 cm³/mol. The molecule has 4 heteroatoms. The normalized spacial score (nSPS) is 55.3. The molecule has 4 saturated carbocycles. The first kappa shape index (κ1) is 12.6. The van der Waals surface area contributed by atoms with E-state index in [-0.39, 0.29) is 6.61 Å². The topological polar surface area (TPSA) is 47.9 Å². The summed E-state index contributed by atoms with van der Waals surface area (Å²) in [5.74, 6) is 1.67. The Bertz CT molecular complexity index is 341. The van der Waals surface area contributed by atoms with E-state index in [9.17, 15) is 0 Å². The van der Waals surface area contributed by atoms with Gasteiger partial charge < -0.3 is 9.84 Å². The summed E-state index contributed by atoms with van der Waals surface area (Å²) in [6.45, 7) is 2.12. The number of aliphatic hydroxyl groups is 1. The first-order valence-electron chi connectivity index (χ1n) is 7.81. The zero-order valence-corrected chi connectivity index (χ0v) is 11.6. The summed E-state index contributed by atoms with van der Waals surface area (Å²) in [6, 6.07) is 0. The summed E-state index contributed by atoms with van der Waals surface area (Å²) >= 11 is 0. The van der Waals surface area contributed by atoms with Gasteiger partial charge in [0.15, 0.2) is 0 Å². The van der Waals surface area contributed by atoms with Crippen molar-refractivity contribution in [1.29, 1.82) is 0 Å². The minimum absolute atomic E-state index is 0.173. The lowest BCUT2D eigenvalue weighted by molar-refractivity contribution is -0.388. The van der Waals surface area contributed by atoms with Crippen molar-refractivity contribution in [3.63, 3.8) is 0 Å². The van der Waals surface area contributed by atoms with E-state index in [1.807, 2.05) is 6.92 Å². The van der Waals surface area contributed by atoms with Gasteiger partial charge in [0.1, 0.15) is 0 Å². The second kappa shape index (κ2) is 4.17. The van der Waals surface area contributed by atoms with Crippen molar-refractivity contribution in [3.8, 4) is 0 Å². The van der Waals surface area contributed by atoms with E-state index in [1.54, 1.807) is 0 Å². The van der Waals surface area contributed by atoms with Crippen LogP contribution in [-0.4, -0.2) is 23.3 Å². The van der Waals surface area contributed by atoms with E-state index in [0.29, 0.717) is 24.7 Å². The fourth-order valence-corrected chi connectivity index (χ4v) is 5.16. The first-order valence-corrected chi connectivity index (χ1v) is 7.81. The Balaban J connectivity index is 1.55. The molecule has 1 atom stereocenters. The molecule has 5 fully saturated rings. The van der Waals surface area contributed by atoms with Crippen LogP contribution in [0.2, 0.25) is 0 Å². The van der Waals surface area contributed by atoms with Crippen molar-refractivity contribution in [1.82, 2.24) is 0 Å².